The maximum Gasteiger partial charge on any atom is 0.344 e. The number of ether oxygens (including phenoxy) is 2. The van der Waals surface area contributed by atoms with E-state index in [0.717, 1.165) is 17.7 Å². The summed E-state index contributed by atoms with van der Waals surface area (Å²) in [6.45, 7) is 6.42. The van der Waals surface area contributed by atoms with Crippen LogP contribution >= 0.6 is 0 Å². The van der Waals surface area contributed by atoms with Crippen LogP contribution in [0.5, 0.6) is 5.75 Å². The van der Waals surface area contributed by atoms with Crippen LogP contribution in [0.15, 0.2) is 24.3 Å². The molecule has 0 spiro atoms. The van der Waals surface area contributed by atoms with Gasteiger partial charge in [0.1, 0.15) is 5.75 Å². The number of hydrogen-bond acceptors (Lipinski definition) is 3. The predicted molar refractivity (Wildman–Crippen MR) is 67.3 cm³/mol. The van der Waals surface area contributed by atoms with Crippen molar-refractivity contribution in [2.45, 2.75) is 33.1 Å². The second kappa shape index (κ2) is 6.94. The Bertz CT molecular complexity index is 360. The highest BCUT2D eigenvalue weighted by atomic mass is 16.6. The van der Waals surface area contributed by atoms with E-state index in [2.05, 4.69) is 13.8 Å². The standard InChI is InChI=1S/C14H20O3/c1-4-11(3)12-8-6-7-9-13(12)17-10-14(15)16-5-2/h6-9,11H,4-5,10H2,1-3H3. The molecule has 0 fully saturated rings. The predicted octanol–water partition coefficient (Wildman–Crippen LogP) is 3.14. The maximum absolute atomic E-state index is 11.2. The van der Waals surface area contributed by atoms with Gasteiger partial charge < -0.3 is 9.47 Å². The van der Waals surface area contributed by atoms with Gasteiger partial charge in [-0.05, 0) is 30.9 Å². The molecular weight excluding hydrogens is 216 g/mol. The average molecular weight is 236 g/mol. The van der Waals surface area contributed by atoms with Gasteiger partial charge in [-0.25, -0.2) is 4.79 Å². The van der Waals surface area contributed by atoms with Gasteiger partial charge in [0.25, 0.3) is 0 Å². The van der Waals surface area contributed by atoms with E-state index in [1.807, 2.05) is 24.3 Å². The molecule has 1 aromatic rings. The molecular formula is C14H20O3. The van der Waals surface area contributed by atoms with Crippen LogP contribution in [0.1, 0.15) is 38.7 Å². The quantitative estimate of drug-likeness (QED) is 0.712. The highest BCUT2D eigenvalue weighted by molar-refractivity contribution is 5.71. The summed E-state index contributed by atoms with van der Waals surface area (Å²) in [6.07, 6.45) is 1.04. The Morgan fingerprint density at radius 3 is 2.65 bits per heavy atom. The van der Waals surface area contributed by atoms with Crippen LogP contribution in [0.2, 0.25) is 0 Å². The summed E-state index contributed by atoms with van der Waals surface area (Å²) in [5.41, 5.74) is 1.14. The van der Waals surface area contributed by atoms with Crippen molar-refractivity contribution in [3.05, 3.63) is 29.8 Å². The molecule has 1 atom stereocenters. The molecule has 3 heteroatoms. The van der Waals surface area contributed by atoms with E-state index in [4.69, 9.17) is 9.47 Å². The molecule has 0 heterocycles. The lowest BCUT2D eigenvalue weighted by molar-refractivity contribution is -0.145. The van der Waals surface area contributed by atoms with Gasteiger partial charge in [-0.1, -0.05) is 32.0 Å². The van der Waals surface area contributed by atoms with Gasteiger partial charge in [0.05, 0.1) is 6.61 Å². The molecule has 0 aliphatic rings. The molecule has 3 nitrogen and oxygen atoms in total. The van der Waals surface area contributed by atoms with Crippen LogP contribution in [0.25, 0.3) is 0 Å². The van der Waals surface area contributed by atoms with E-state index in [-0.39, 0.29) is 12.6 Å². The highest BCUT2D eigenvalue weighted by Crippen LogP contribution is 2.28. The molecule has 0 N–H and O–H groups in total. The number of carbonyl (C=O) groups is 1. The molecule has 0 amide bonds. The molecule has 0 saturated carbocycles. The van der Waals surface area contributed by atoms with Crippen LogP contribution in [-0.4, -0.2) is 19.2 Å². The summed E-state index contributed by atoms with van der Waals surface area (Å²) >= 11 is 0. The van der Waals surface area contributed by atoms with Gasteiger partial charge in [-0.3, -0.25) is 0 Å². The Morgan fingerprint density at radius 1 is 1.29 bits per heavy atom. The molecule has 1 rings (SSSR count). The van der Waals surface area contributed by atoms with E-state index >= 15 is 0 Å². The normalized spacial score (nSPS) is 11.9. The monoisotopic (exact) mass is 236 g/mol. The van der Waals surface area contributed by atoms with Crippen molar-refractivity contribution in [2.24, 2.45) is 0 Å². The van der Waals surface area contributed by atoms with Crippen molar-refractivity contribution in [3.8, 4) is 5.75 Å². The van der Waals surface area contributed by atoms with Crippen LogP contribution in [-0.2, 0) is 9.53 Å². The number of benzene rings is 1. The first kappa shape index (κ1) is 13.6. The maximum atomic E-state index is 11.2. The van der Waals surface area contributed by atoms with E-state index < -0.39 is 0 Å². The van der Waals surface area contributed by atoms with Crippen molar-refractivity contribution in [1.82, 2.24) is 0 Å². The third kappa shape index (κ3) is 4.10. The molecule has 94 valence electrons. The number of rotatable bonds is 6. The fourth-order valence-corrected chi connectivity index (χ4v) is 1.58. The molecule has 0 saturated heterocycles. The first-order chi connectivity index (χ1) is 8.19. The number of esters is 1. The third-order valence-electron chi connectivity index (χ3n) is 2.71. The zero-order valence-corrected chi connectivity index (χ0v) is 10.7. The number of carbonyl (C=O) groups excluding carboxylic acids is 1. The lowest BCUT2D eigenvalue weighted by atomic mass is 9.98. The lowest BCUT2D eigenvalue weighted by Gasteiger charge is -2.15. The van der Waals surface area contributed by atoms with Crippen LogP contribution in [0, 0.1) is 0 Å². The summed E-state index contributed by atoms with van der Waals surface area (Å²) in [5, 5.41) is 0. The second-order valence-electron chi connectivity index (χ2n) is 3.94. The molecule has 1 unspecified atom stereocenters. The van der Waals surface area contributed by atoms with Crippen molar-refractivity contribution >= 4 is 5.97 Å². The van der Waals surface area contributed by atoms with Crippen molar-refractivity contribution in [2.75, 3.05) is 13.2 Å². The summed E-state index contributed by atoms with van der Waals surface area (Å²) in [6, 6.07) is 7.82. The molecule has 0 aromatic heterocycles. The minimum atomic E-state index is -0.327. The zero-order valence-electron chi connectivity index (χ0n) is 10.7. The van der Waals surface area contributed by atoms with Crippen LogP contribution in [0.4, 0.5) is 0 Å². The topological polar surface area (TPSA) is 35.5 Å². The van der Waals surface area contributed by atoms with Gasteiger partial charge in [-0.15, -0.1) is 0 Å². The van der Waals surface area contributed by atoms with E-state index in [1.54, 1.807) is 6.92 Å². The Labute approximate surface area is 103 Å². The van der Waals surface area contributed by atoms with Crippen molar-refractivity contribution < 1.29 is 14.3 Å². The van der Waals surface area contributed by atoms with Crippen molar-refractivity contribution in [3.63, 3.8) is 0 Å². The number of para-hydroxylation sites is 1. The van der Waals surface area contributed by atoms with Gasteiger partial charge in [0, 0.05) is 0 Å². The molecule has 1 aromatic carbocycles. The molecule has 0 radical (unpaired) electrons. The SMILES string of the molecule is CCOC(=O)COc1ccccc1C(C)CC. The van der Waals surface area contributed by atoms with Gasteiger partial charge >= 0.3 is 5.97 Å². The first-order valence-corrected chi connectivity index (χ1v) is 6.06. The van der Waals surface area contributed by atoms with Crippen LogP contribution in [0.3, 0.4) is 0 Å². The van der Waals surface area contributed by atoms with Crippen LogP contribution < -0.4 is 4.74 Å². The fraction of sp³-hybridized carbons (Fsp3) is 0.500. The highest BCUT2D eigenvalue weighted by Gasteiger charge is 2.11. The van der Waals surface area contributed by atoms with Gasteiger partial charge in [0.2, 0.25) is 0 Å². The van der Waals surface area contributed by atoms with E-state index in [1.165, 1.54) is 0 Å². The van der Waals surface area contributed by atoms with Gasteiger partial charge in [0.15, 0.2) is 6.61 Å². The summed E-state index contributed by atoms with van der Waals surface area (Å²) in [5.74, 6) is 0.870. The molecule has 0 aliphatic carbocycles. The first-order valence-electron chi connectivity index (χ1n) is 6.06. The summed E-state index contributed by atoms with van der Waals surface area (Å²) in [7, 11) is 0. The Balaban J connectivity index is 2.67. The molecule has 0 aliphatic heterocycles. The van der Waals surface area contributed by atoms with Gasteiger partial charge in [-0.2, -0.15) is 0 Å². The lowest BCUT2D eigenvalue weighted by Crippen LogP contribution is -2.15. The Morgan fingerprint density at radius 2 is 2.00 bits per heavy atom. The minimum absolute atomic E-state index is 0.0265. The fourth-order valence-electron chi connectivity index (χ4n) is 1.58. The zero-order chi connectivity index (χ0) is 12.7. The summed E-state index contributed by atoms with van der Waals surface area (Å²) < 4.78 is 10.3. The minimum Gasteiger partial charge on any atom is -0.482 e. The smallest absolute Gasteiger partial charge is 0.344 e. The second-order valence-corrected chi connectivity index (χ2v) is 3.94. The Kier molecular flexibility index (Phi) is 5.53. The largest absolute Gasteiger partial charge is 0.482 e. The molecule has 0 bridgehead atoms. The van der Waals surface area contributed by atoms with E-state index in [9.17, 15) is 4.79 Å². The summed E-state index contributed by atoms with van der Waals surface area (Å²) in [4.78, 5) is 11.2. The van der Waals surface area contributed by atoms with E-state index in [0.29, 0.717) is 12.5 Å². The average Bonchev–Trinajstić information content (AvgIpc) is 2.36. The van der Waals surface area contributed by atoms with Crippen molar-refractivity contribution in [1.29, 1.82) is 0 Å². The Hall–Kier alpha value is -1.51. The molecule has 17 heavy (non-hydrogen) atoms. The number of hydrogen-bond donors (Lipinski definition) is 0. The third-order valence-corrected chi connectivity index (χ3v) is 2.71.